The van der Waals surface area contributed by atoms with Gasteiger partial charge in [-0.2, -0.15) is 0 Å². The first-order chi connectivity index (χ1) is 7.24. The molecule has 1 fully saturated rings. The van der Waals surface area contributed by atoms with E-state index in [1.54, 1.807) is 0 Å². The van der Waals surface area contributed by atoms with Gasteiger partial charge in [0.05, 0.1) is 0 Å². The van der Waals surface area contributed by atoms with Crippen molar-refractivity contribution in [3.05, 3.63) is 0 Å². The molecule has 0 saturated carbocycles. The zero-order valence-electron chi connectivity index (χ0n) is 9.50. The van der Waals surface area contributed by atoms with Gasteiger partial charge in [-0.05, 0) is 32.1 Å². The topological polar surface area (TPSA) is 64.3 Å². The second kappa shape index (κ2) is 6.80. The van der Waals surface area contributed by atoms with Crippen molar-refractivity contribution in [1.29, 1.82) is 0 Å². The molecule has 1 aliphatic rings. The lowest BCUT2D eigenvalue weighted by Gasteiger charge is -2.21. The van der Waals surface area contributed by atoms with E-state index in [0.717, 1.165) is 32.1 Å². The molecule has 88 valence electrons. The molecule has 0 radical (unpaired) electrons. The summed E-state index contributed by atoms with van der Waals surface area (Å²) in [5, 5.41) is 2.87. The summed E-state index contributed by atoms with van der Waals surface area (Å²) in [6.07, 6.45) is 4.59. The number of nitrogens with two attached hydrogens (primary N) is 1. The molecular weight excluding hydrogens is 192 g/mol. The summed E-state index contributed by atoms with van der Waals surface area (Å²) in [7, 11) is 0. The van der Waals surface area contributed by atoms with Crippen LogP contribution in [0, 0.1) is 0 Å². The molecule has 1 aliphatic heterocycles. The Bertz CT molecular complexity index is 191. The van der Waals surface area contributed by atoms with E-state index in [2.05, 4.69) is 12.2 Å². The number of ether oxygens (including phenoxy) is 1. The molecule has 0 bridgehead atoms. The summed E-state index contributed by atoms with van der Waals surface area (Å²) < 4.78 is 5.38. The fourth-order valence-electron chi connectivity index (χ4n) is 1.65. The minimum absolute atomic E-state index is 0.0259. The molecule has 0 aromatic rings. The first-order valence-electron chi connectivity index (χ1n) is 5.89. The van der Waals surface area contributed by atoms with E-state index in [1.807, 2.05) is 0 Å². The van der Waals surface area contributed by atoms with Crippen molar-refractivity contribution >= 4 is 5.91 Å². The van der Waals surface area contributed by atoms with Gasteiger partial charge < -0.3 is 15.8 Å². The van der Waals surface area contributed by atoms with Crippen molar-refractivity contribution < 1.29 is 9.53 Å². The molecule has 4 nitrogen and oxygen atoms in total. The van der Waals surface area contributed by atoms with Crippen LogP contribution in [-0.4, -0.2) is 31.2 Å². The Hall–Kier alpha value is -0.610. The SMILES string of the molecule is CCC(N)CCNC(=O)C1CCCCO1. The second-order valence-corrected chi connectivity index (χ2v) is 4.10. The third kappa shape index (κ3) is 4.62. The molecule has 0 spiro atoms. The minimum atomic E-state index is -0.225. The molecule has 3 N–H and O–H groups in total. The van der Waals surface area contributed by atoms with Gasteiger partial charge in [-0.15, -0.1) is 0 Å². The molecule has 15 heavy (non-hydrogen) atoms. The summed E-state index contributed by atoms with van der Waals surface area (Å²) >= 11 is 0. The third-order valence-corrected chi connectivity index (χ3v) is 2.81. The van der Waals surface area contributed by atoms with Crippen LogP contribution in [0.5, 0.6) is 0 Å². The van der Waals surface area contributed by atoms with Crippen LogP contribution in [-0.2, 0) is 9.53 Å². The number of amides is 1. The number of rotatable bonds is 5. The van der Waals surface area contributed by atoms with Crippen LogP contribution in [0.15, 0.2) is 0 Å². The fourth-order valence-corrected chi connectivity index (χ4v) is 1.65. The molecule has 2 unspecified atom stereocenters. The third-order valence-electron chi connectivity index (χ3n) is 2.81. The fraction of sp³-hybridized carbons (Fsp3) is 0.909. The summed E-state index contributed by atoms with van der Waals surface area (Å²) in [5.41, 5.74) is 5.76. The Morgan fingerprint density at radius 3 is 3.00 bits per heavy atom. The van der Waals surface area contributed by atoms with E-state index >= 15 is 0 Å². The summed E-state index contributed by atoms with van der Waals surface area (Å²) in [4.78, 5) is 11.6. The Labute approximate surface area is 91.5 Å². The van der Waals surface area contributed by atoms with Crippen molar-refractivity contribution in [2.75, 3.05) is 13.2 Å². The van der Waals surface area contributed by atoms with Gasteiger partial charge in [0.1, 0.15) is 6.10 Å². The zero-order valence-corrected chi connectivity index (χ0v) is 9.50. The molecule has 1 saturated heterocycles. The van der Waals surface area contributed by atoms with Crippen LogP contribution in [0.1, 0.15) is 39.0 Å². The number of carbonyl (C=O) groups is 1. The molecule has 1 heterocycles. The predicted molar refractivity (Wildman–Crippen MR) is 59.5 cm³/mol. The highest BCUT2D eigenvalue weighted by molar-refractivity contribution is 5.80. The van der Waals surface area contributed by atoms with E-state index in [4.69, 9.17) is 10.5 Å². The zero-order chi connectivity index (χ0) is 11.1. The molecular formula is C11H22N2O2. The number of hydrogen-bond acceptors (Lipinski definition) is 3. The van der Waals surface area contributed by atoms with Crippen LogP contribution >= 0.6 is 0 Å². The van der Waals surface area contributed by atoms with Gasteiger partial charge in [0.15, 0.2) is 0 Å². The maximum atomic E-state index is 11.6. The molecule has 2 atom stereocenters. The molecule has 1 rings (SSSR count). The largest absolute Gasteiger partial charge is 0.368 e. The van der Waals surface area contributed by atoms with Crippen molar-refractivity contribution in [1.82, 2.24) is 5.32 Å². The van der Waals surface area contributed by atoms with Crippen molar-refractivity contribution in [3.63, 3.8) is 0 Å². The number of hydrogen-bond donors (Lipinski definition) is 2. The van der Waals surface area contributed by atoms with Crippen LogP contribution in [0.2, 0.25) is 0 Å². The first kappa shape index (κ1) is 12.5. The lowest BCUT2D eigenvalue weighted by molar-refractivity contribution is -0.135. The van der Waals surface area contributed by atoms with Crippen molar-refractivity contribution in [2.24, 2.45) is 5.73 Å². The van der Waals surface area contributed by atoms with E-state index < -0.39 is 0 Å². The van der Waals surface area contributed by atoms with E-state index in [1.165, 1.54) is 0 Å². The van der Waals surface area contributed by atoms with E-state index in [9.17, 15) is 4.79 Å². The normalized spacial score (nSPS) is 23.5. The highest BCUT2D eigenvalue weighted by atomic mass is 16.5. The summed E-state index contributed by atoms with van der Waals surface area (Å²) in [6.45, 7) is 3.43. The quantitative estimate of drug-likeness (QED) is 0.711. The standard InChI is InChI=1S/C11H22N2O2/c1-2-9(12)6-7-13-11(14)10-5-3-4-8-15-10/h9-10H,2-8,12H2,1H3,(H,13,14). The van der Waals surface area contributed by atoms with Crippen molar-refractivity contribution in [2.45, 2.75) is 51.2 Å². The first-order valence-corrected chi connectivity index (χ1v) is 5.89. The Kier molecular flexibility index (Phi) is 5.65. The van der Waals surface area contributed by atoms with Gasteiger partial charge in [0.2, 0.25) is 5.91 Å². The van der Waals surface area contributed by atoms with Crippen LogP contribution in [0.3, 0.4) is 0 Å². The van der Waals surface area contributed by atoms with Gasteiger partial charge in [-0.1, -0.05) is 6.92 Å². The van der Waals surface area contributed by atoms with E-state index in [-0.39, 0.29) is 18.1 Å². The monoisotopic (exact) mass is 214 g/mol. The summed E-state index contributed by atoms with van der Waals surface area (Å²) in [5.74, 6) is 0.0259. The predicted octanol–water partition coefficient (Wildman–Crippen LogP) is 0.799. The second-order valence-electron chi connectivity index (χ2n) is 4.10. The van der Waals surface area contributed by atoms with Gasteiger partial charge in [0, 0.05) is 19.2 Å². The Balaban J connectivity index is 2.12. The maximum Gasteiger partial charge on any atom is 0.249 e. The van der Waals surface area contributed by atoms with Crippen LogP contribution in [0.25, 0.3) is 0 Å². The molecule has 0 aromatic carbocycles. The van der Waals surface area contributed by atoms with Gasteiger partial charge >= 0.3 is 0 Å². The van der Waals surface area contributed by atoms with Gasteiger partial charge in [0.25, 0.3) is 0 Å². The molecule has 1 amide bonds. The van der Waals surface area contributed by atoms with Gasteiger partial charge in [-0.25, -0.2) is 0 Å². The van der Waals surface area contributed by atoms with Crippen molar-refractivity contribution in [3.8, 4) is 0 Å². The van der Waals surface area contributed by atoms with Crippen LogP contribution in [0.4, 0.5) is 0 Å². The van der Waals surface area contributed by atoms with Gasteiger partial charge in [-0.3, -0.25) is 4.79 Å². The van der Waals surface area contributed by atoms with E-state index in [0.29, 0.717) is 13.2 Å². The number of carbonyl (C=O) groups excluding carboxylic acids is 1. The summed E-state index contributed by atoms with van der Waals surface area (Å²) in [6, 6.07) is 0.192. The highest BCUT2D eigenvalue weighted by Crippen LogP contribution is 2.12. The number of nitrogens with one attached hydrogen (secondary N) is 1. The molecule has 4 heteroatoms. The average molecular weight is 214 g/mol. The Morgan fingerprint density at radius 1 is 1.60 bits per heavy atom. The lowest BCUT2D eigenvalue weighted by atomic mass is 10.1. The maximum absolute atomic E-state index is 11.6. The average Bonchev–Trinajstić information content (AvgIpc) is 2.29. The highest BCUT2D eigenvalue weighted by Gasteiger charge is 2.21. The van der Waals surface area contributed by atoms with Crippen LogP contribution < -0.4 is 11.1 Å². The molecule has 0 aromatic heterocycles. The lowest BCUT2D eigenvalue weighted by Crippen LogP contribution is -2.40. The Morgan fingerprint density at radius 2 is 2.40 bits per heavy atom. The minimum Gasteiger partial charge on any atom is -0.368 e. The molecule has 0 aliphatic carbocycles. The smallest absolute Gasteiger partial charge is 0.249 e.